The number of carboxylic acid groups (broad SMARTS) is 1. The van der Waals surface area contributed by atoms with Gasteiger partial charge in [-0.1, -0.05) is 45.9 Å². The van der Waals surface area contributed by atoms with E-state index in [4.69, 9.17) is 9.47 Å². The molecule has 3 N–H and O–H groups in total. The number of esters is 2. The van der Waals surface area contributed by atoms with Gasteiger partial charge in [-0.3, -0.25) is 28.5 Å². The van der Waals surface area contributed by atoms with Gasteiger partial charge in [-0.15, -0.1) is 0 Å². The minimum atomic E-state index is -4.49. The van der Waals surface area contributed by atoms with Gasteiger partial charge in [0.15, 0.2) is 5.41 Å². The molecule has 0 aromatic heterocycles. The number of carbonyl (C=O) groups is 3. The van der Waals surface area contributed by atoms with Crippen molar-refractivity contribution < 1.29 is 63.3 Å². The predicted octanol–water partition coefficient (Wildman–Crippen LogP) is 6.06. The number of fused-ring (bicyclic) bond motifs is 2. The Hall–Kier alpha value is -4.99. The number of allylic oxidation sites excluding steroid dienone is 8. The highest BCUT2D eigenvalue weighted by Gasteiger charge is 2.50. The first kappa shape index (κ1) is 50.0. The number of carbonyl (C=O) groups excluding carboxylic acids is 2. The van der Waals surface area contributed by atoms with Gasteiger partial charge in [-0.2, -0.15) is 16.8 Å². The number of benzene rings is 2. The maximum absolute atomic E-state index is 13.8. The maximum Gasteiger partial charge on any atom is 0.324 e. The molecule has 17 nitrogen and oxygen atoms in total. The average molecular weight is 946 g/mol. The molecule has 2 aromatic carbocycles. The summed E-state index contributed by atoms with van der Waals surface area (Å²) in [6.45, 7) is 10.9. The first-order chi connectivity index (χ1) is 29.7. The van der Waals surface area contributed by atoms with Gasteiger partial charge in [0.25, 0.3) is 20.2 Å². The fourth-order valence-corrected chi connectivity index (χ4v) is 10.4. The van der Waals surface area contributed by atoms with Gasteiger partial charge in [0.1, 0.15) is 0 Å². The molecule has 0 amide bonds. The molecule has 5 rings (SSSR count). The number of hydrogen-bond donors (Lipinski definition) is 3. The van der Waals surface area contributed by atoms with Crippen molar-refractivity contribution in [2.24, 2.45) is 10.4 Å². The van der Waals surface area contributed by atoms with Crippen molar-refractivity contribution in [3.05, 3.63) is 94.7 Å². The summed E-state index contributed by atoms with van der Waals surface area (Å²) in [5, 5.41) is 10.7. The molecule has 1 unspecified atom stereocenters. The highest BCUT2D eigenvalue weighted by atomic mass is 32.2. The van der Waals surface area contributed by atoms with Gasteiger partial charge in [0.05, 0.1) is 40.2 Å². The molecule has 0 saturated heterocycles. The van der Waals surface area contributed by atoms with Crippen molar-refractivity contribution in [2.75, 3.05) is 44.0 Å². The molecule has 2 aliphatic heterocycles. The first-order valence-corrected chi connectivity index (χ1v) is 25.1. The molecule has 0 spiro atoms. The normalized spacial score (nSPS) is 20.6. The van der Waals surface area contributed by atoms with Gasteiger partial charge in [0.2, 0.25) is 10.0 Å². The van der Waals surface area contributed by atoms with E-state index in [1.165, 1.54) is 31.3 Å². The monoisotopic (exact) mass is 945 g/mol. The minimum absolute atomic E-state index is 0.00737. The van der Waals surface area contributed by atoms with Gasteiger partial charge >= 0.3 is 17.9 Å². The second kappa shape index (κ2) is 18.9. The van der Waals surface area contributed by atoms with Crippen LogP contribution in [0, 0.1) is 5.41 Å². The first-order valence-electron chi connectivity index (χ1n) is 20.6. The fourth-order valence-electron chi connectivity index (χ4n) is 8.20. The number of aliphatic imine (C=N–C) groups is 1. The van der Waals surface area contributed by atoms with Crippen LogP contribution in [-0.4, -0.2) is 106 Å². The zero-order valence-corrected chi connectivity index (χ0v) is 39.3. The third-order valence-corrected chi connectivity index (χ3v) is 15.2. The zero-order chi connectivity index (χ0) is 47.6. The fraction of sp³-hybridized carbons (Fsp3) is 0.455. The molecule has 1 atom stereocenters. The van der Waals surface area contributed by atoms with Crippen LogP contribution in [-0.2, 0) is 64.9 Å². The van der Waals surface area contributed by atoms with Crippen LogP contribution in [0.1, 0.15) is 84.8 Å². The Bertz CT molecular complexity index is 2710. The summed E-state index contributed by atoms with van der Waals surface area (Å²) in [5.41, 5.74) is 0.319. The van der Waals surface area contributed by atoms with E-state index in [1.807, 2.05) is 32.6 Å². The molecule has 64 heavy (non-hydrogen) atoms. The van der Waals surface area contributed by atoms with E-state index in [0.29, 0.717) is 45.1 Å². The van der Waals surface area contributed by atoms with Crippen LogP contribution in [0.2, 0.25) is 0 Å². The van der Waals surface area contributed by atoms with Crippen molar-refractivity contribution in [1.82, 2.24) is 4.31 Å². The summed E-state index contributed by atoms with van der Waals surface area (Å²) in [4.78, 5) is 44.7. The SMILES string of the molecule is CCOC(=O)CCCN(C)S(=O)(=O)c1ccc2c(c1)C(C)(C)/C(=C\C=C1C=C(/C=C/C3=Nc4ccc(S(=O)(=O)O)cc4C3(C)C)CC(C(=O)O)(C(=O)OCC)C\1)N2CCCS(=O)(=O)O. The molecule has 348 valence electrons. The van der Waals surface area contributed by atoms with Crippen LogP contribution in [0.25, 0.3) is 0 Å². The Morgan fingerprint density at radius 1 is 0.844 bits per heavy atom. The Kier molecular flexibility index (Phi) is 14.7. The molecule has 2 heterocycles. The molecule has 0 radical (unpaired) electrons. The van der Waals surface area contributed by atoms with Crippen molar-refractivity contribution in [3.63, 3.8) is 0 Å². The largest absolute Gasteiger partial charge is 0.480 e. The van der Waals surface area contributed by atoms with Crippen LogP contribution in [0.15, 0.2) is 98.4 Å². The van der Waals surface area contributed by atoms with Crippen LogP contribution in [0.3, 0.4) is 0 Å². The minimum Gasteiger partial charge on any atom is -0.480 e. The topological polar surface area (TPSA) is 252 Å². The summed E-state index contributed by atoms with van der Waals surface area (Å²) in [5.74, 6) is -3.33. The Labute approximate surface area is 374 Å². The lowest BCUT2D eigenvalue weighted by atomic mass is 9.71. The van der Waals surface area contributed by atoms with Crippen molar-refractivity contribution in [1.29, 1.82) is 0 Å². The summed E-state index contributed by atoms with van der Waals surface area (Å²) in [6, 6.07) is 8.68. The second-order valence-corrected chi connectivity index (χ2v) is 22.0. The highest BCUT2D eigenvalue weighted by molar-refractivity contribution is 7.89. The lowest BCUT2D eigenvalue weighted by molar-refractivity contribution is -0.168. The number of sulfonamides is 1. The second-order valence-electron chi connectivity index (χ2n) is 16.9. The van der Waals surface area contributed by atoms with Crippen molar-refractivity contribution in [2.45, 2.75) is 94.3 Å². The Morgan fingerprint density at radius 2 is 1.50 bits per heavy atom. The maximum atomic E-state index is 13.8. The number of anilines is 1. The number of nitrogens with zero attached hydrogens (tertiary/aromatic N) is 3. The van der Waals surface area contributed by atoms with Crippen LogP contribution in [0.5, 0.6) is 0 Å². The quantitative estimate of drug-likeness (QED) is 0.0873. The molecule has 1 aliphatic carbocycles. The summed E-state index contributed by atoms with van der Waals surface area (Å²) >= 11 is 0. The lowest BCUT2D eigenvalue weighted by Gasteiger charge is -2.32. The van der Waals surface area contributed by atoms with Crippen LogP contribution in [0.4, 0.5) is 11.4 Å². The van der Waals surface area contributed by atoms with E-state index in [0.717, 1.165) is 4.31 Å². The van der Waals surface area contributed by atoms with Gasteiger partial charge in [0, 0.05) is 48.8 Å². The molecular formula is C44H55N3O14S3. The van der Waals surface area contributed by atoms with Gasteiger partial charge < -0.3 is 19.5 Å². The standard InChI is InChI=1S/C44H55N3O14S3/c1-8-60-39(48)12-10-21-46(7)63(55,56)31-16-18-36-34(25-31)43(5,6)38(47(36)22-11-23-62(52,53)54)20-14-30-24-29(27-44(28-30,40(49)50)41(51)61-9-2)13-19-37-42(3,4)33-26-32(64(57,58)59)15-17-35(33)45-37/h13-20,24-26H,8-12,21-23,27-28H2,1-7H3,(H,49,50)(H,52,53,54)(H,57,58,59)/b19-13+,30-14-,38-20+. The number of hydrogen-bond acceptors (Lipinski definition) is 13. The number of rotatable bonds is 18. The number of carboxylic acids is 1. The van der Waals surface area contributed by atoms with E-state index < -0.39 is 70.2 Å². The van der Waals surface area contributed by atoms with E-state index in [9.17, 15) is 53.8 Å². The smallest absolute Gasteiger partial charge is 0.324 e. The molecule has 20 heteroatoms. The number of aliphatic carboxylic acids is 1. The Balaban J connectivity index is 1.57. The van der Waals surface area contributed by atoms with E-state index >= 15 is 0 Å². The molecular weight excluding hydrogens is 891 g/mol. The van der Waals surface area contributed by atoms with E-state index in [1.54, 1.807) is 56.4 Å². The lowest BCUT2D eigenvalue weighted by Crippen LogP contribution is -2.42. The van der Waals surface area contributed by atoms with Gasteiger partial charge in [-0.05, 0) is 110 Å². The van der Waals surface area contributed by atoms with Crippen LogP contribution >= 0.6 is 0 Å². The average Bonchev–Trinajstić information content (AvgIpc) is 3.58. The molecule has 3 aliphatic rings. The number of ether oxygens (including phenoxy) is 2. The zero-order valence-electron chi connectivity index (χ0n) is 36.8. The third kappa shape index (κ3) is 10.6. The van der Waals surface area contributed by atoms with Crippen LogP contribution < -0.4 is 4.90 Å². The third-order valence-electron chi connectivity index (χ3n) is 11.7. The summed E-state index contributed by atoms with van der Waals surface area (Å²) in [7, 11) is -11.5. The molecule has 0 fully saturated rings. The van der Waals surface area contributed by atoms with Crippen molar-refractivity contribution >= 4 is 65.3 Å². The summed E-state index contributed by atoms with van der Waals surface area (Å²) in [6.07, 6.45) is 8.17. The van der Waals surface area contributed by atoms with Gasteiger partial charge in [-0.25, -0.2) is 12.7 Å². The molecule has 2 aromatic rings. The highest BCUT2D eigenvalue weighted by Crippen LogP contribution is 2.49. The predicted molar refractivity (Wildman–Crippen MR) is 239 cm³/mol. The molecule has 0 saturated carbocycles. The molecule has 0 bridgehead atoms. The summed E-state index contributed by atoms with van der Waals surface area (Å²) < 4.78 is 106. The van der Waals surface area contributed by atoms with E-state index in [-0.39, 0.29) is 68.2 Å². The Morgan fingerprint density at radius 3 is 2.12 bits per heavy atom. The van der Waals surface area contributed by atoms with Crippen molar-refractivity contribution in [3.8, 4) is 0 Å². The van der Waals surface area contributed by atoms with E-state index in [2.05, 4.69) is 4.99 Å².